The predicted octanol–water partition coefficient (Wildman–Crippen LogP) is 2.21. The fraction of sp³-hybridized carbons (Fsp3) is 0.100. The van der Waals surface area contributed by atoms with Gasteiger partial charge in [-0.25, -0.2) is 0 Å². The summed E-state index contributed by atoms with van der Waals surface area (Å²) in [4.78, 5) is 21.3. The fourth-order valence-corrected chi connectivity index (χ4v) is 3.02. The Balaban J connectivity index is 1.82. The summed E-state index contributed by atoms with van der Waals surface area (Å²) < 4.78 is 8.08. The van der Waals surface area contributed by atoms with Crippen LogP contribution < -0.4 is 10.5 Å². The molecule has 0 aliphatic carbocycles. The van der Waals surface area contributed by atoms with Gasteiger partial charge < -0.3 is 15.0 Å². The monoisotopic (exact) mass is 372 g/mol. The van der Waals surface area contributed by atoms with Gasteiger partial charge in [0.15, 0.2) is 5.82 Å². The minimum absolute atomic E-state index is 0.00749. The Hall–Kier alpha value is -4.12. The number of terminal acetylenes is 1. The van der Waals surface area contributed by atoms with Crippen LogP contribution in [0.2, 0.25) is 0 Å². The quantitative estimate of drug-likeness (QED) is 0.551. The molecule has 1 aromatic carbocycles. The van der Waals surface area contributed by atoms with Crippen molar-refractivity contribution in [3.63, 3.8) is 0 Å². The van der Waals surface area contributed by atoms with Gasteiger partial charge in [-0.1, -0.05) is 5.92 Å². The Bertz CT molecular complexity index is 1220. The second-order valence-corrected chi connectivity index (χ2v) is 5.99. The van der Waals surface area contributed by atoms with Crippen LogP contribution in [-0.2, 0) is 6.54 Å². The summed E-state index contributed by atoms with van der Waals surface area (Å²) in [6.07, 6.45) is 8.75. The van der Waals surface area contributed by atoms with Crippen LogP contribution in [-0.4, -0.2) is 37.3 Å². The van der Waals surface area contributed by atoms with Crippen molar-refractivity contribution in [2.75, 3.05) is 12.8 Å². The molecule has 4 aromatic rings. The lowest BCUT2D eigenvalue weighted by Crippen LogP contribution is -2.20. The molecule has 28 heavy (non-hydrogen) atoms. The average Bonchev–Trinajstić information content (AvgIpc) is 3.29. The van der Waals surface area contributed by atoms with Gasteiger partial charge in [0.05, 0.1) is 13.7 Å². The number of carbonyl (C=O) groups excluding carboxylic acids is 1. The number of nitrogens with zero attached hydrogens (tertiary/aromatic N) is 5. The number of nitrogens with two attached hydrogens (primary N) is 1. The smallest absolute Gasteiger partial charge is 0.298 e. The molecule has 0 unspecified atom stereocenters. The van der Waals surface area contributed by atoms with E-state index >= 15 is 0 Å². The second kappa shape index (κ2) is 6.89. The molecule has 0 radical (unpaired) electrons. The van der Waals surface area contributed by atoms with Crippen LogP contribution in [0, 0.1) is 12.3 Å². The maximum absolute atomic E-state index is 13.2. The number of anilines is 1. The maximum Gasteiger partial charge on any atom is 0.298 e. The standard InChI is InChI=1S/C20H16N6O2/c1-3-10-25-16-5-4-15(28-2)11-14(16)12-17(25)19(27)26-20(21)23-18(24-26)13-6-8-22-9-7-13/h1,4-9,11-12H,10H2,2H3,(H2,21,23,24). The minimum Gasteiger partial charge on any atom is -0.497 e. The number of ether oxygens (including phenoxy) is 1. The third-order valence-electron chi connectivity index (χ3n) is 4.34. The second-order valence-electron chi connectivity index (χ2n) is 5.99. The van der Waals surface area contributed by atoms with Gasteiger partial charge >= 0.3 is 0 Å². The van der Waals surface area contributed by atoms with Crippen molar-refractivity contribution >= 4 is 22.8 Å². The maximum atomic E-state index is 13.2. The van der Waals surface area contributed by atoms with Crippen LogP contribution in [0.1, 0.15) is 10.5 Å². The highest BCUT2D eigenvalue weighted by Gasteiger charge is 2.22. The van der Waals surface area contributed by atoms with Crippen molar-refractivity contribution < 1.29 is 9.53 Å². The summed E-state index contributed by atoms with van der Waals surface area (Å²) >= 11 is 0. The molecule has 0 spiro atoms. The molecular formula is C20H16N6O2. The van der Waals surface area contributed by atoms with Gasteiger partial charge in [0.2, 0.25) is 5.95 Å². The van der Waals surface area contributed by atoms with E-state index in [1.807, 2.05) is 18.2 Å². The average molecular weight is 372 g/mol. The van der Waals surface area contributed by atoms with E-state index in [2.05, 4.69) is 21.0 Å². The molecule has 8 nitrogen and oxygen atoms in total. The van der Waals surface area contributed by atoms with Gasteiger partial charge in [-0.2, -0.15) is 9.67 Å². The predicted molar refractivity (Wildman–Crippen MR) is 105 cm³/mol. The lowest BCUT2D eigenvalue weighted by molar-refractivity contribution is 0.0939. The molecule has 0 saturated heterocycles. The van der Waals surface area contributed by atoms with Crippen molar-refractivity contribution in [1.82, 2.24) is 24.3 Å². The van der Waals surface area contributed by atoms with Crippen LogP contribution in [0.15, 0.2) is 48.8 Å². The van der Waals surface area contributed by atoms with Crippen molar-refractivity contribution in [2.24, 2.45) is 0 Å². The molecule has 0 aliphatic heterocycles. The lowest BCUT2D eigenvalue weighted by Gasteiger charge is -2.07. The zero-order valence-electron chi connectivity index (χ0n) is 15.0. The first kappa shape index (κ1) is 17.3. The molecular weight excluding hydrogens is 356 g/mol. The largest absolute Gasteiger partial charge is 0.497 e. The SMILES string of the molecule is C#CCn1c(C(=O)n2nc(-c3ccncc3)nc2N)cc2cc(OC)ccc21. The topological polar surface area (TPSA) is 101 Å². The molecule has 0 aliphatic rings. The number of hydrogen-bond donors (Lipinski definition) is 1. The van der Waals surface area contributed by atoms with Gasteiger partial charge in [0.25, 0.3) is 5.91 Å². The molecule has 0 saturated carbocycles. The Morgan fingerprint density at radius 2 is 2.04 bits per heavy atom. The number of aromatic nitrogens is 5. The zero-order chi connectivity index (χ0) is 19.7. The Morgan fingerprint density at radius 1 is 1.25 bits per heavy atom. The van der Waals surface area contributed by atoms with E-state index < -0.39 is 5.91 Å². The third kappa shape index (κ3) is 2.85. The van der Waals surface area contributed by atoms with E-state index in [1.165, 1.54) is 0 Å². The molecule has 3 heterocycles. The summed E-state index contributed by atoms with van der Waals surface area (Å²) in [5.41, 5.74) is 7.85. The van der Waals surface area contributed by atoms with Crippen molar-refractivity contribution in [3.8, 4) is 29.5 Å². The Kier molecular flexibility index (Phi) is 4.26. The molecule has 3 aromatic heterocycles. The van der Waals surface area contributed by atoms with Crippen LogP contribution in [0.25, 0.3) is 22.3 Å². The molecule has 0 atom stereocenters. The number of nitrogen functional groups attached to an aromatic ring is 1. The summed E-state index contributed by atoms with van der Waals surface area (Å²) in [7, 11) is 1.59. The number of carbonyl (C=O) groups is 1. The summed E-state index contributed by atoms with van der Waals surface area (Å²) in [6.45, 7) is 0.225. The Labute approximate surface area is 160 Å². The molecule has 4 rings (SSSR count). The van der Waals surface area contributed by atoms with Gasteiger partial charge in [-0.15, -0.1) is 11.5 Å². The van der Waals surface area contributed by atoms with Crippen molar-refractivity contribution in [3.05, 3.63) is 54.5 Å². The molecule has 0 fully saturated rings. The third-order valence-corrected chi connectivity index (χ3v) is 4.34. The van der Waals surface area contributed by atoms with Crippen molar-refractivity contribution in [2.45, 2.75) is 6.54 Å². The number of benzene rings is 1. The fourth-order valence-electron chi connectivity index (χ4n) is 3.02. The first-order valence-electron chi connectivity index (χ1n) is 8.40. The van der Waals surface area contributed by atoms with Crippen molar-refractivity contribution in [1.29, 1.82) is 0 Å². The number of pyridine rings is 1. The summed E-state index contributed by atoms with van der Waals surface area (Å²) in [5, 5.41) is 5.10. The van der Waals surface area contributed by atoms with Crippen LogP contribution in [0.4, 0.5) is 5.95 Å². The first-order chi connectivity index (χ1) is 13.6. The van der Waals surface area contributed by atoms with Crippen LogP contribution in [0.3, 0.4) is 0 Å². The highest BCUT2D eigenvalue weighted by molar-refractivity contribution is 6.01. The molecule has 2 N–H and O–H groups in total. The van der Waals surface area contributed by atoms with Gasteiger partial charge in [-0.3, -0.25) is 9.78 Å². The van der Waals surface area contributed by atoms with E-state index in [9.17, 15) is 4.79 Å². The normalized spacial score (nSPS) is 10.7. The molecule has 8 heteroatoms. The number of rotatable bonds is 4. The summed E-state index contributed by atoms with van der Waals surface area (Å²) in [5.74, 6) is 3.18. The summed E-state index contributed by atoms with van der Waals surface area (Å²) in [6, 6.07) is 10.7. The number of fused-ring (bicyclic) bond motifs is 1. The number of hydrogen-bond acceptors (Lipinski definition) is 6. The zero-order valence-corrected chi connectivity index (χ0v) is 15.0. The van der Waals surface area contributed by atoms with E-state index in [4.69, 9.17) is 16.9 Å². The first-order valence-corrected chi connectivity index (χ1v) is 8.40. The molecule has 0 bridgehead atoms. The molecule has 0 amide bonds. The van der Waals surface area contributed by atoms with Crippen LogP contribution in [0.5, 0.6) is 5.75 Å². The van der Waals surface area contributed by atoms with E-state index in [1.54, 1.807) is 42.3 Å². The Morgan fingerprint density at radius 3 is 2.75 bits per heavy atom. The van der Waals surface area contributed by atoms with Gasteiger partial charge in [0, 0.05) is 28.9 Å². The van der Waals surface area contributed by atoms with Gasteiger partial charge in [-0.05, 0) is 36.4 Å². The van der Waals surface area contributed by atoms with E-state index in [0.717, 1.165) is 15.6 Å². The lowest BCUT2D eigenvalue weighted by atomic mass is 10.2. The minimum atomic E-state index is -0.421. The highest BCUT2D eigenvalue weighted by Crippen LogP contribution is 2.26. The molecule has 138 valence electrons. The van der Waals surface area contributed by atoms with E-state index in [-0.39, 0.29) is 12.5 Å². The van der Waals surface area contributed by atoms with E-state index in [0.29, 0.717) is 22.8 Å². The van der Waals surface area contributed by atoms with Gasteiger partial charge in [0.1, 0.15) is 11.4 Å². The van der Waals surface area contributed by atoms with Crippen LogP contribution >= 0.6 is 0 Å². The highest BCUT2D eigenvalue weighted by atomic mass is 16.5. The number of methoxy groups -OCH3 is 1.